The number of halogens is 1. The zero-order valence-corrected chi connectivity index (χ0v) is 12.4. The van der Waals surface area contributed by atoms with Crippen LogP contribution in [0.25, 0.3) is 0 Å². The van der Waals surface area contributed by atoms with E-state index in [0.29, 0.717) is 6.61 Å². The normalized spacial score (nSPS) is 12.2. The highest BCUT2D eigenvalue weighted by atomic mass is 127. The average Bonchev–Trinajstić information content (AvgIpc) is 2.39. The minimum atomic E-state index is -0.109. The summed E-state index contributed by atoms with van der Waals surface area (Å²) in [6.45, 7) is 2.65. The van der Waals surface area contributed by atoms with Crippen molar-refractivity contribution in [3.8, 4) is 5.75 Å². The van der Waals surface area contributed by atoms with Crippen LogP contribution < -0.4 is 10.5 Å². The van der Waals surface area contributed by atoms with Crippen LogP contribution in [-0.2, 0) is 0 Å². The maximum absolute atomic E-state index is 6.27. The van der Waals surface area contributed by atoms with Crippen molar-refractivity contribution in [1.29, 1.82) is 0 Å². The molecule has 2 rings (SSSR count). The molecule has 2 N–H and O–H groups in total. The lowest BCUT2D eigenvalue weighted by Gasteiger charge is -2.14. The maximum Gasteiger partial charge on any atom is 0.119 e. The molecule has 2 aromatic carbocycles. The summed E-state index contributed by atoms with van der Waals surface area (Å²) in [5, 5.41) is 0. The molecule has 0 amide bonds. The van der Waals surface area contributed by atoms with Crippen LogP contribution in [-0.4, -0.2) is 6.61 Å². The summed E-state index contributed by atoms with van der Waals surface area (Å²) >= 11 is 2.29. The maximum atomic E-state index is 6.27. The van der Waals surface area contributed by atoms with Gasteiger partial charge >= 0.3 is 0 Å². The van der Waals surface area contributed by atoms with Crippen molar-refractivity contribution in [2.45, 2.75) is 13.0 Å². The second-order valence-corrected chi connectivity index (χ2v) is 5.28. The third-order valence-electron chi connectivity index (χ3n) is 2.76. The Labute approximate surface area is 121 Å². The summed E-state index contributed by atoms with van der Waals surface area (Å²) in [7, 11) is 0. The predicted octanol–water partition coefficient (Wildman–Crippen LogP) is 3.74. The number of hydrogen-bond donors (Lipinski definition) is 1. The quantitative estimate of drug-likeness (QED) is 0.850. The Morgan fingerprint density at radius 2 is 1.83 bits per heavy atom. The lowest BCUT2D eigenvalue weighted by atomic mass is 10.00. The van der Waals surface area contributed by atoms with Gasteiger partial charge in [-0.15, -0.1) is 0 Å². The molecule has 94 valence electrons. The minimum absolute atomic E-state index is 0.109. The molecule has 0 bridgehead atoms. The zero-order valence-electron chi connectivity index (χ0n) is 10.3. The first kappa shape index (κ1) is 13.4. The third-order valence-corrected chi connectivity index (χ3v) is 3.48. The molecule has 0 radical (unpaired) electrons. The molecule has 2 nitrogen and oxygen atoms in total. The van der Waals surface area contributed by atoms with Gasteiger partial charge in [-0.1, -0.05) is 24.3 Å². The molecular formula is C15H16INO. The van der Waals surface area contributed by atoms with Crippen molar-refractivity contribution in [2.75, 3.05) is 6.61 Å². The van der Waals surface area contributed by atoms with Gasteiger partial charge in [-0.05, 0) is 64.9 Å². The van der Waals surface area contributed by atoms with E-state index in [1.54, 1.807) is 0 Å². The van der Waals surface area contributed by atoms with Crippen LogP contribution in [0, 0.1) is 3.57 Å². The Kier molecular flexibility index (Phi) is 4.60. The van der Waals surface area contributed by atoms with Crippen LogP contribution in [0.15, 0.2) is 48.5 Å². The molecule has 3 heteroatoms. The Bertz CT molecular complexity index is 510. The number of nitrogens with two attached hydrogens (primary N) is 1. The summed E-state index contributed by atoms with van der Waals surface area (Å²) in [6.07, 6.45) is 0. The van der Waals surface area contributed by atoms with Gasteiger partial charge in [-0.2, -0.15) is 0 Å². The SMILES string of the molecule is CCOc1cccc(C(N)c2ccc(I)cc2)c1. The first-order chi connectivity index (χ1) is 8.70. The van der Waals surface area contributed by atoms with Crippen molar-refractivity contribution in [2.24, 2.45) is 5.73 Å². The number of hydrogen-bond acceptors (Lipinski definition) is 2. The van der Waals surface area contributed by atoms with E-state index < -0.39 is 0 Å². The van der Waals surface area contributed by atoms with Crippen molar-refractivity contribution >= 4 is 22.6 Å². The highest BCUT2D eigenvalue weighted by Gasteiger charge is 2.09. The molecule has 0 heterocycles. The summed E-state index contributed by atoms with van der Waals surface area (Å²) in [6, 6.07) is 16.1. The Morgan fingerprint density at radius 3 is 2.50 bits per heavy atom. The van der Waals surface area contributed by atoms with E-state index in [2.05, 4.69) is 46.9 Å². The molecule has 0 saturated heterocycles. The fraction of sp³-hybridized carbons (Fsp3) is 0.200. The standard InChI is InChI=1S/C15H16INO/c1-2-18-14-5-3-4-12(10-14)15(17)11-6-8-13(16)9-7-11/h3-10,15H,2,17H2,1H3. The number of benzene rings is 2. The van der Waals surface area contributed by atoms with Crippen LogP contribution in [0.1, 0.15) is 24.1 Å². The Morgan fingerprint density at radius 1 is 1.11 bits per heavy atom. The van der Waals surface area contributed by atoms with E-state index in [1.807, 2.05) is 31.2 Å². The molecule has 0 aliphatic rings. The van der Waals surface area contributed by atoms with Gasteiger partial charge in [0.1, 0.15) is 5.75 Å². The fourth-order valence-corrected chi connectivity index (χ4v) is 2.19. The molecule has 0 fully saturated rings. The second-order valence-electron chi connectivity index (χ2n) is 4.03. The fourth-order valence-electron chi connectivity index (χ4n) is 1.83. The molecule has 0 saturated carbocycles. The van der Waals surface area contributed by atoms with Crippen LogP contribution in [0.4, 0.5) is 0 Å². The van der Waals surface area contributed by atoms with Crippen molar-refractivity contribution in [3.63, 3.8) is 0 Å². The summed E-state index contributed by atoms with van der Waals surface area (Å²) in [4.78, 5) is 0. The summed E-state index contributed by atoms with van der Waals surface area (Å²) in [5.41, 5.74) is 8.46. The second kappa shape index (κ2) is 6.20. The first-order valence-electron chi connectivity index (χ1n) is 5.94. The van der Waals surface area contributed by atoms with Crippen LogP contribution in [0.3, 0.4) is 0 Å². The predicted molar refractivity (Wildman–Crippen MR) is 82.8 cm³/mol. The van der Waals surface area contributed by atoms with Gasteiger partial charge in [0.2, 0.25) is 0 Å². The van der Waals surface area contributed by atoms with Crippen molar-refractivity contribution in [3.05, 3.63) is 63.2 Å². The monoisotopic (exact) mass is 353 g/mol. The van der Waals surface area contributed by atoms with Gasteiger partial charge in [-0.3, -0.25) is 0 Å². The van der Waals surface area contributed by atoms with E-state index in [9.17, 15) is 0 Å². The first-order valence-corrected chi connectivity index (χ1v) is 7.02. The molecule has 0 aliphatic heterocycles. The molecule has 0 aromatic heterocycles. The molecule has 2 aromatic rings. The van der Waals surface area contributed by atoms with Gasteiger partial charge in [0.15, 0.2) is 0 Å². The lowest BCUT2D eigenvalue weighted by molar-refractivity contribution is 0.340. The minimum Gasteiger partial charge on any atom is -0.494 e. The van der Waals surface area contributed by atoms with Gasteiger partial charge < -0.3 is 10.5 Å². The smallest absolute Gasteiger partial charge is 0.119 e. The molecule has 1 unspecified atom stereocenters. The number of ether oxygens (including phenoxy) is 1. The van der Waals surface area contributed by atoms with Crippen LogP contribution in [0.2, 0.25) is 0 Å². The van der Waals surface area contributed by atoms with E-state index in [1.165, 1.54) is 3.57 Å². The van der Waals surface area contributed by atoms with Gasteiger partial charge in [0, 0.05) is 3.57 Å². The van der Waals surface area contributed by atoms with Crippen molar-refractivity contribution < 1.29 is 4.74 Å². The topological polar surface area (TPSA) is 35.2 Å². The Balaban J connectivity index is 2.24. The summed E-state index contributed by atoms with van der Waals surface area (Å²) in [5.74, 6) is 0.871. The van der Waals surface area contributed by atoms with Gasteiger partial charge in [0.25, 0.3) is 0 Å². The van der Waals surface area contributed by atoms with E-state index in [4.69, 9.17) is 10.5 Å². The van der Waals surface area contributed by atoms with E-state index in [0.717, 1.165) is 16.9 Å². The molecule has 0 aliphatic carbocycles. The largest absolute Gasteiger partial charge is 0.494 e. The summed E-state index contributed by atoms with van der Waals surface area (Å²) < 4.78 is 6.71. The van der Waals surface area contributed by atoms with Gasteiger partial charge in [-0.25, -0.2) is 0 Å². The van der Waals surface area contributed by atoms with Crippen molar-refractivity contribution in [1.82, 2.24) is 0 Å². The van der Waals surface area contributed by atoms with Crippen LogP contribution in [0.5, 0.6) is 5.75 Å². The van der Waals surface area contributed by atoms with E-state index >= 15 is 0 Å². The molecule has 0 spiro atoms. The highest BCUT2D eigenvalue weighted by molar-refractivity contribution is 14.1. The Hall–Kier alpha value is -1.07. The lowest BCUT2D eigenvalue weighted by Crippen LogP contribution is -2.11. The average molecular weight is 353 g/mol. The molecular weight excluding hydrogens is 337 g/mol. The highest BCUT2D eigenvalue weighted by Crippen LogP contribution is 2.23. The zero-order chi connectivity index (χ0) is 13.0. The molecule has 1 atom stereocenters. The van der Waals surface area contributed by atoms with Crippen LogP contribution >= 0.6 is 22.6 Å². The number of rotatable bonds is 4. The van der Waals surface area contributed by atoms with E-state index in [-0.39, 0.29) is 6.04 Å². The van der Waals surface area contributed by atoms with Gasteiger partial charge in [0.05, 0.1) is 12.6 Å². The third kappa shape index (κ3) is 3.23. The molecule has 18 heavy (non-hydrogen) atoms.